The number of pyridine rings is 1. The number of hydrogen-bond acceptors (Lipinski definition) is 5. The van der Waals surface area contributed by atoms with Crippen LogP contribution in [-0.4, -0.2) is 64.7 Å². The van der Waals surface area contributed by atoms with Gasteiger partial charge < -0.3 is 14.7 Å². The van der Waals surface area contributed by atoms with Crippen molar-refractivity contribution in [3.05, 3.63) is 59.3 Å². The molecule has 0 unspecified atom stereocenters. The lowest BCUT2D eigenvalue weighted by atomic mass is 9.99. The number of ether oxygens (including phenoxy) is 1. The Balaban J connectivity index is 1.89. The number of carbonyl (C=O) groups excluding carboxylic acids is 1. The van der Waals surface area contributed by atoms with E-state index in [1.54, 1.807) is 17.2 Å². The first-order valence-corrected chi connectivity index (χ1v) is 12.1. The summed E-state index contributed by atoms with van der Waals surface area (Å²) < 4.78 is 6.38. The minimum atomic E-state index is -0.306. The predicted octanol–water partition coefficient (Wildman–Crippen LogP) is 3.83. The molecule has 182 valence electrons. The van der Waals surface area contributed by atoms with E-state index < -0.39 is 0 Å². The van der Waals surface area contributed by atoms with Crippen LogP contribution in [0.25, 0.3) is 0 Å². The van der Waals surface area contributed by atoms with Crippen molar-refractivity contribution in [1.82, 2.24) is 14.8 Å². The number of nitrogens with zero attached hydrogens (tertiary/aromatic N) is 3. The van der Waals surface area contributed by atoms with Crippen LogP contribution in [0.3, 0.4) is 0 Å². The van der Waals surface area contributed by atoms with Gasteiger partial charge >= 0.3 is 0 Å². The van der Waals surface area contributed by atoms with Crippen LogP contribution in [0.2, 0.25) is 0 Å². The Bertz CT molecular complexity index is 1010. The van der Waals surface area contributed by atoms with Crippen molar-refractivity contribution in [2.75, 3.05) is 26.7 Å². The number of rotatable bonds is 7. The van der Waals surface area contributed by atoms with Gasteiger partial charge in [-0.05, 0) is 31.5 Å². The van der Waals surface area contributed by atoms with Gasteiger partial charge in [-0.3, -0.25) is 9.69 Å². The van der Waals surface area contributed by atoms with E-state index in [-0.39, 0.29) is 30.6 Å². The van der Waals surface area contributed by atoms with E-state index in [0.717, 1.165) is 13.0 Å². The Morgan fingerprint density at radius 1 is 1.26 bits per heavy atom. The molecule has 1 aromatic heterocycles. The minimum Gasteiger partial charge on any atom is -0.472 e. The summed E-state index contributed by atoms with van der Waals surface area (Å²) in [6, 6.07) is 11.8. The second-order valence-electron chi connectivity index (χ2n) is 9.78. The second-order valence-corrected chi connectivity index (χ2v) is 9.78. The van der Waals surface area contributed by atoms with Gasteiger partial charge in [0.1, 0.15) is 11.7 Å². The fourth-order valence-corrected chi connectivity index (χ4v) is 4.01. The summed E-state index contributed by atoms with van der Waals surface area (Å²) >= 11 is 0. The number of benzene rings is 1. The number of aromatic nitrogens is 1. The van der Waals surface area contributed by atoms with Crippen LogP contribution in [0.15, 0.2) is 42.6 Å². The molecule has 0 aliphatic carbocycles. The molecule has 0 saturated heterocycles. The Kier molecular flexibility index (Phi) is 9.09. The highest BCUT2D eigenvalue weighted by atomic mass is 16.5. The standard InChI is InChI=1S/C28H37N3O3/c1-20(2)10-9-13-24-14-25-27(29-15-24)34-26(18-30(5)17-23-11-7-6-8-12-23)21(3)16-31(28(25)33)22(4)19-32/h6-8,11-12,14-15,20-22,26,32H,10,16-19H2,1-5H3/t21-,22-,26+/m1/s1. The topological polar surface area (TPSA) is 65.9 Å². The number of amides is 1. The molecular formula is C28H37N3O3. The molecule has 3 rings (SSSR count). The van der Waals surface area contributed by atoms with Gasteiger partial charge in [0.05, 0.1) is 12.6 Å². The van der Waals surface area contributed by atoms with Crippen molar-refractivity contribution in [2.45, 2.75) is 52.8 Å². The zero-order valence-corrected chi connectivity index (χ0v) is 21.0. The van der Waals surface area contributed by atoms with Crippen LogP contribution in [-0.2, 0) is 6.54 Å². The first-order chi connectivity index (χ1) is 16.3. The normalized spacial score (nSPS) is 19.1. The summed E-state index contributed by atoms with van der Waals surface area (Å²) in [6.07, 6.45) is 2.29. The van der Waals surface area contributed by atoms with Crippen LogP contribution >= 0.6 is 0 Å². The smallest absolute Gasteiger partial charge is 0.259 e. The summed E-state index contributed by atoms with van der Waals surface area (Å²) in [4.78, 5) is 22.0. The molecule has 1 aliphatic rings. The summed E-state index contributed by atoms with van der Waals surface area (Å²) in [6.45, 7) is 10.1. The molecule has 34 heavy (non-hydrogen) atoms. The quantitative estimate of drug-likeness (QED) is 0.632. The number of aliphatic hydroxyl groups excluding tert-OH is 1. The molecule has 1 aliphatic heterocycles. The highest BCUT2D eigenvalue weighted by Gasteiger charge is 2.34. The fourth-order valence-electron chi connectivity index (χ4n) is 4.01. The van der Waals surface area contributed by atoms with Crippen LogP contribution in [0.5, 0.6) is 5.88 Å². The average molecular weight is 464 g/mol. The Hall–Kier alpha value is -2.88. The molecule has 0 saturated carbocycles. The highest BCUT2D eigenvalue weighted by molar-refractivity contribution is 5.97. The van der Waals surface area contributed by atoms with E-state index in [1.165, 1.54) is 5.56 Å². The van der Waals surface area contributed by atoms with Crippen molar-refractivity contribution < 1.29 is 14.6 Å². The zero-order valence-electron chi connectivity index (χ0n) is 21.0. The number of hydrogen-bond donors (Lipinski definition) is 1. The molecule has 1 amide bonds. The second kappa shape index (κ2) is 12.0. The molecular weight excluding hydrogens is 426 g/mol. The number of carbonyl (C=O) groups is 1. The SMILES string of the molecule is CC(C)CC#Cc1cnc2c(c1)C(=O)N([C@H](C)CO)C[C@@H](C)[C@H](CN(C)Cc1ccccc1)O2. The zero-order chi connectivity index (χ0) is 24.7. The number of fused-ring (bicyclic) bond motifs is 1. The summed E-state index contributed by atoms with van der Waals surface area (Å²) in [5, 5.41) is 9.83. The number of aliphatic hydroxyl groups is 1. The molecule has 0 fully saturated rings. The summed E-state index contributed by atoms with van der Waals surface area (Å²) in [5.74, 6) is 6.96. The van der Waals surface area contributed by atoms with Gasteiger partial charge in [-0.2, -0.15) is 0 Å². The first kappa shape index (κ1) is 25.7. The molecule has 1 aromatic carbocycles. The van der Waals surface area contributed by atoms with E-state index in [4.69, 9.17) is 4.74 Å². The molecule has 0 spiro atoms. The maximum Gasteiger partial charge on any atom is 0.259 e. The van der Waals surface area contributed by atoms with Gasteiger partial charge in [-0.1, -0.05) is 62.9 Å². The first-order valence-electron chi connectivity index (χ1n) is 12.1. The number of likely N-dealkylation sites (N-methyl/N-ethyl adjacent to an activating group) is 1. The monoisotopic (exact) mass is 463 g/mol. The van der Waals surface area contributed by atoms with Gasteiger partial charge in [0.15, 0.2) is 0 Å². The van der Waals surface area contributed by atoms with Crippen molar-refractivity contribution in [3.8, 4) is 17.7 Å². The third-order valence-electron chi connectivity index (χ3n) is 6.05. The van der Waals surface area contributed by atoms with E-state index >= 15 is 0 Å². The van der Waals surface area contributed by atoms with Gasteiger partial charge in [0.2, 0.25) is 5.88 Å². The molecule has 6 heteroatoms. The molecule has 2 aromatic rings. The minimum absolute atomic E-state index is 0.0524. The Morgan fingerprint density at radius 3 is 2.68 bits per heavy atom. The summed E-state index contributed by atoms with van der Waals surface area (Å²) in [7, 11) is 2.07. The maximum atomic E-state index is 13.5. The third-order valence-corrected chi connectivity index (χ3v) is 6.05. The van der Waals surface area contributed by atoms with Crippen LogP contribution in [0.1, 0.15) is 55.6 Å². The van der Waals surface area contributed by atoms with Gasteiger partial charge in [0, 0.05) is 43.7 Å². The van der Waals surface area contributed by atoms with Gasteiger partial charge in [-0.25, -0.2) is 4.98 Å². The molecule has 0 bridgehead atoms. The van der Waals surface area contributed by atoms with Crippen molar-refractivity contribution >= 4 is 5.91 Å². The molecule has 0 radical (unpaired) electrons. The van der Waals surface area contributed by atoms with E-state index in [1.807, 2.05) is 25.1 Å². The van der Waals surface area contributed by atoms with Gasteiger partial charge in [-0.15, -0.1) is 0 Å². The highest BCUT2D eigenvalue weighted by Crippen LogP contribution is 2.27. The third kappa shape index (κ3) is 6.82. The van der Waals surface area contributed by atoms with Crippen molar-refractivity contribution in [1.29, 1.82) is 0 Å². The van der Waals surface area contributed by atoms with E-state index in [0.29, 0.717) is 36.0 Å². The van der Waals surface area contributed by atoms with E-state index in [2.05, 4.69) is 61.7 Å². The van der Waals surface area contributed by atoms with Crippen LogP contribution in [0, 0.1) is 23.7 Å². The molecule has 6 nitrogen and oxygen atoms in total. The van der Waals surface area contributed by atoms with Crippen LogP contribution < -0.4 is 4.74 Å². The van der Waals surface area contributed by atoms with Gasteiger partial charge in [0.25, 0.3) is 5.91 Å². The lowest BCUT2D eigenvalue weighted by Crippen LogP contribution is -2.49. The largest absolute Gasteiger partial charge is 0.472 e. The fraction of sp³-hybridized carbons (Fsp3) is 0.500. The van der Waals surface area contributed by atoms with E-state index in [9.17, 15) is 9.90 Å². The lowest BCUT2D eigenvalue weighted by Gasteiger charge is -2.37. The molecule has 1 N–H and O–H groups in total. The predicted molar refractivity (Wildman–Crippen MR) is 135 cm³/mol. The molecule has 3 atom stereocenters. The maximum absolute atomic E-state index is 13.5. The van der Waals surface area contributed by atoms with Crippen molar-refractivity contribution in [2.24, 2.45) is 11.8 Å². The molecule has 2 heterocycles. The summed E-state index contributed by atoms with van der Waals surface area (Å²) in [5.41, 5.74) is 2.33. The Morgan fingerprint density at radius 2 is 2.00 bits per heavy atom. The lowest BCUT2D eigenvalue weighted by molar-refractivity contribution is 0.0325. The van der Waals surface area contributed by atoms with Crippen molar-refractivity contribution in [3.63, 3.8) is 0 Å². The average Bonchev–Trinajstić information content (AvgIpc) is 2.81. The van der Waals surface area contributed by atoms with Crippen LogP contribution in [0.4, 0.5) is 0 Å². The Labute approximate surface area is 203 Å².